The number of rotatable bonds is 9. The number of carbonyl (C=O) groups excluding carboxylic acids is 1. The van der Waals surface area contributed by atoms with Crippen molar-refractivity contribution in [2.45, 2.75) is 71.3 Å². The molecule has 0 unspecified atom stereocenters. The van der Waals surface area contributed by atoms with Crippen molar-refractivity contribution in [2.75, 3.05) is 18.5 Å². The van der Waals surface area contributed by atoms with Gasteiger partial charge in [0.05, 0.1) is 6.61 Å². The van der Waals surface area contributed by atoms with Crippen LogP contribution in [0.4, 0.5) is 5.69 Å². The molecule has 4 nitrogen and oxygen atoms in total. The zero-order valence-electron chi connectivity index (χ0n) is 18.1. The predicted octanol–water partition coefficient (Wildman–Crippen LogP) is 6.33. The molecule has 158 valence electrons. The first-order valence-corrected chi connectivity index (χ1v) is 11.2. The molecule has 1 aliphatic rings. The average molecular weight is 398 g/mol. The molecule has 1 fully saturated rings. The van der Waals surface area contributed by atoms with E-state index in [9.17, 15) is 4.79 Å². The Balaban J connectivity index is 1.86. The van der Waals surface area contributed by atoms with E-state index in [2.05, 4.69) is 32.2 Å². The van der Waals surface area contributed by atoms with E-state index in [0.29, 0.717) is 19.1 Å². The Kier molecular flexibility index (Phi) is 7.54. The van der Waals surface area contributed by atoms with E-state index in [1.807, 2.05) is 30.3 Å². The number of amides is 1. The van der Waals surface area contributed by atoms with Gasteiger partial charge in [-0.25, -0.2) is 0 Å². The molecule has 1 amide bonds. The van der Waals surface area contributed by atoms with Crippen LogP contribution in [0.5, 0.6) is 5.75 Å². The summed E-state index contributed by atoms with van der Waals surface area (Å²) >= 11 is 0. The fraction of sp³-hybridized carbons (Fsp3) is 0.560. The van der Waals surface area contributed by atoms with Gasteiger partial charge in [-0.1, -0.05) is 57.9 Å². The Morgan fingerprint density at radius 1 is 1.10 bits per heavy atom. The molecular weight excluding hydrogens is 362 g/mol. The Labute approximate surface area is 175 Å². The SMILES string of the molecule is CCCCOc1ccc(NC(=O)[C@]2(OCCC)CCC[C@@H](C)C2)c2ccccc12. The van der Waals surface area contributed by atoms with Crippen molar-refractivity contribution >= 4 is 22.4 Å². The van der Waals surface area contributed by atoms with E-state index >= 15 is 0 Å². The number of anilines is 1. The highest BCUT2D eigenvalue weighted by molar-refractivity contribution is 6.06. The van der Waals surface area contributed by atoms with E-state index in [1.165, 1.54) is 0 Å². The van der Waals surface area contributed by atoms with Crippen LogP contribution in [0, 0.1) is 5.92 Å². The van der Waals surface area contributed by atoms with Crippen LogP contribution < -0.4 is 10.1 Å². The number of hydrogen-bond acceptors (Lipinski definition) is 3. The molecule has 0 bridgehead atoms. The summed E-state index contributed by atoms with van der Waals surface area (Å²) in [4.78, 5) is 13.4. The van der Waals surface area contributed by atoms with E-state index in [0.717, 1.165) is 67.2 Å². The molecule has 4 heteroatoms. The van der Waals surface area contributed by atoms with Crippen LogP contribution in [0.2, 0.25) is 0 Å². The number of nitrogens with one attached hydrogen (secondary N) is 1. The monoisotopic (exact) mass is 397 g/mol. The lowest BCUT2D eigenvalue weighted by atomic mass is 9.78. The van der Waals surface area contributed by atoms with E-state index in [4.69, 9.17) is 9.47 Å². The summed E-state index contributed by atoms with van der Waals surface area (Å²) < 4.78 is 12.2. The molecular formula is C25H35NO3. The topological polar surface area (TPSA) is 47.6 Å². The summed E-state index contributed by atoms with van der Waals surface area (Å²) in [6, 6.07) is 12.0. The van der Waals surface area contributed by atoms with Gasteiger partial charge in [0, 0.05) is 23.1 Å². The van der Waals surface area contributed by atoms with Crippen LogP contribution in [-0.4, -0.2) is 24.7 Å². The summed E-state index contributed by atoms with van der Waals surface area (Å²) in [5.74, 6) is 1.36. The quantitative estimate of drug-likeness (QED) is 0.503. The smallest absolute Gasteiger partial charge is 0.256 e. The summed E-state index contributed by atoms with van der Waals surface area (Å²) in [5.41, 5.74) is 0.108. The third-order valence-electron chi connectivity index (χ3n) is 5.84. The molecule has 3 rings (SSSR count). The van der Waals surface area contributed by atoms with Crippen LogP contribution in [0.1, 0.15) is 65.7 Å². The molecule has 2 atom stereocenters. The Hall–Kier alpha value is -2.07. The van der Waals surface area contributed by atoms with Gasteiger partial charge in [-0.05, 0) is 50.2 Å². The van der Waals surface area contributed by atoms with Crippen LogP contribution >= 0.6 is 0 Å². The van der Waals surface area contributed by atoms with Gasteiger partial charge >= 0.3 is 0 Å². The van der Waals surface area contributed by atoms with Crippen LogP contribution in [-0.2, 0) is 9.53 Å². The molecule has 2 aromatic rings. The summed E-state index contributed by atoms with van der Waals surface area (Å²) in [7, 11) is 0. The summed E-state index contributed by atoms with van der Waals surface area (Å²) in [6.07, 6.45) is 6.82. The normalized spacial score (nSPS) is 21.8. The van der Waals surface area contributed by atoms with E-state index in [1.54, 1.807) is 0 Å². The van der Waals surface area contributed by atoms with Gasteiger partial charge in [0.1, 0.15) is 11.4 Å². The molecule has 1 N–H and O–H groups in total. The number of unbranched alkanes of at least 4 members (excludes halogenated alkanes) is 1. The van der Waals surface area contributed by atoms with Gasteiger partial charge in [-0.3, -0.25) is 4.79 Å². The van der Waals surface area contributed by atoms with Crippen molar-refractivity contribution in [2.24, 2.45) is 5.92 Å². The number of benzene rings is 2. The maximum absolute atomic E-state index is 13.4. The molecule has 29 heavy (non-hydrogen) atoms. The number of fused-ring (bicyclic) bond motifs is 1. The van der Waals surface area contributed by atoms with Gasteiger partial charge in [0.2, 0.25) is 0 Å². The second kappa shape index (κ2) is 10.1. The van der Waals surface area contributed by atoms with Crippen molar-refractivity contribution in [1.82, 2.24) is 0 Å². The minimum atomic E-state index is -0.717. The number of hydrogen-bond donors (Lipinski definition) is 1. The molecule has 0 saturated heterocycles. The molecule has 0 heterocycles. The van der Waals surface area contributed by atoms with Crippen LogP contribution in [0.3, 0.4) is 0 Å². The average Bonchev–Trinajstić information content (AvgIpc) is 2.74. The largest absolute Gasteiger partial charge is 0.493 e. The first-order valence-electron chi connectivity index (χ1n) is 11.2. The molecule has 2 aromatic carbocycles. The molecule has 0 radical (unpaired) electrons. The second-order valence-corrected chi connectivity index (χ2v) is 8.36. The fourth-order valence-electron chi connectivity index (χ4n) is 4.27. The van der Waals surface area contributed by atoms with E-state index in [-0.39, 0.29) is 5.91 Å². The molecule has 0 aromatic heterocycles. The maximum Gasteiger partial charge on any atom is 0.256 e. The Morgan fingerprint density at radius 3 is 2.62 bits per heavy atom. The number of carbonyl (C=O) groups is 1. The molecule has 1 aliphatic carbocycles. The van der Waals surface area contributed by atoms with Crippen molar-refractivity contribution in [3.05, 3.63) is 36.4 Å². The highest BCUT2D eigenvalue weighted by Crippen LogP contribution is 2.38. The summed E-state index contributed by atoms with van der Waals surface area (Å²) in [6.45, 7) is 7.78. The zero-order chi connectivity index (χ0) is 20.7. The van der Waals surface area contributed by atoms with Crippen molar-refractivity contribution in [1.29, 1.82) is 0 Å². The predicted molar refractivity (Wildman–Crippen MR) is 120 cm³/mol. The van der Waals surface area contributed by atoms with Crippen LogP contribution in [0.25, 0.3) is 10.8 Å². The second-order valence-electron chi connectivity index (χ2n) is 8.36. The third-order valence-corrected chi connectivity index (χ3v) is 5.84. The van der Waals surface area contributed by atoms with Crippen molar-refractivity contribution in [3.8, 4) is 5.75 Å². The lowest BCUT2D eigenvalue weighted by molar-refractivity contribution is -0.148. The fourth-order valence-corrected chi connectivity index (χ4v) is 4.27. The highest BCUT2D eigenvalue weighted by atomic mass is 16.5. The number of ether oxygens (including phenoxy) is 2. The molecule has 1 saturated carbocycles. The van der Waals surface area contributed by atoms with Gasteiger partial charge in [0.15, 0.2) is 0 Å². The van der Waals surface area contributed by atoms with Gasteiger partial charge in [-0.15, -0.1) is 0 Å². The minimum absolute atomic E-state index is 0.0118. The lowest BCUT2D eigenvalue weighted by Crippen LogP contribution is -2.48. The molecule has 0 spiro atoms. The Morgan fingerprint density at radius 2 is 1.90 bits per heavy atom. The summed E-state index contributed by atoms with van der Waals surface area (Å²) in [5, 5.41) is 5.23. The first kappa shape index (κ1) is 21.6. The first-order chi connectivity index (χ1) is 14.1. The molecule has 0 aliphatic heterocycles. The maximum atomic E-state index is 13.4. The van der Waals surface area contributed by atoms with Crippen molar-refractivity contribution in [3.63, 3.8) is 0 Å². The van der Waals surface area contributed by atoms with Crippen LogP contribution in [0.15, 0.2) is 36.4 Å². The Bertz CT molecular complexity index is 819. The minimum Gasteiger partial charge on any atom is -0.493 e. The van der Waals surface area contributed by atoms with E-state index < -0.39 is 5.60 Å². The zero-order valence-corrected chi connectivity index (χ0v) is 18.1. The van der Waals surface area contributed by atoms with Gasteiger partial charge < -0.3 is 14.8 Å². The van der Waals surface area contributed by atoms with Gasteiger partial charge in [0.25, 0.3) is 5.91 Å². The van der Waals surface area contributed by atoms with Crippen molar-refractivity contribution < 1.29 is 14.3 Å². The van der Waals surface area contributed by atoms with Gasteiger partial charge in [-0.2, -0.15) is 0 Å². The standard InChI is InChI=1S/C25H35NO3/c1-4-6-17-28-23-14-13-22(20-11-7-8-12-21(20)23)26-24(27)25(29-16-5-2)15-9-10-19(3)18-25/h7-8,11-14,19H,4-6,9-10,15-18H2,1-3H3,(H,26,27)/t19-,25+/m1/s1. The lowest BCUT2D eigenvalue weighted by Gasteiger charge is -2.38. The highest BCUT2D eigenvalue weighted by Gasteiger charge is 2.42. The third kappa shape index (κ3) is 5.11.